The topological polar surface area (TPSA) is 63.7 Å². The van der Waals surface area contributed by atoms with Gasteiger partial charge in [0.25, 0.3) is 11.8 Å². The van der Waals surface area contributed by atoms with E-state index in [1.54, 1.807) is 58.0 Å². The molecule has 0 aromatic heterocycles. The Morgan fingerprint density at radius 3 is 2.18 bits per heavy atom. The average molecular weight is 301 g/mol. The molecule has 1 aromatic carbocycles. The van der Waals surface area contributed by atoms with Crippen molar-refractivity contribution in [2.75, 3.05) is 6.61 Å². The minimum absolute atomic E-state index is 0.110. The van der Waals surface area contributed by atoms with Gasteiger partial charge in [0.2, 0.25) is 0 Å². The van der Waals surface area contributed by atoms with E-state index in [0.29, 0.717) is 5.56 Å². The first-order chi connectivity index (χ1) is 10.3. The molecule has 0 fully saturated rings. The molecule has 1 aromatic rings. The third-order valence-electron chi connectivity index (χ3n) is 3.30. The SMILES string of the molecule is CCOC(=O)C1=C(c2ccccc2)C(=O)N(C(C)(C)C)C1=O. The van der Waals surface area contributed by atoms with E-state index in [9.17, 15) is 14.4 Å². The lowest BCUT2D eigenvalue weighted by molar-refractivity contribution is -0.145. The number of rotatable bonds is 3. The fourth-order valence-electron chi connectivity index (χ4n) is 2.40. The van der Waals surface area contributed by atoms with E-state index in [2.05, 4.69) is 0 Å². The lowest BCUT2D eigenvalue weighted by Gasteiger charge is -2.30. The van der Waals surface area contributed by atoms with Crippen LogP contribution in [0, 0.1) is 0 Å². The van der Waals surface area contributed by atoms with Gasteiger partial charge in [-0.05, 0) is 33.3 Å². The van der Waals surface area contributed by atoms with Crippen molar-refractivity contribution in [1.29, 1.82) is 0 Å². The van der Waals surface area contributed by atoms with Gasteiger partial charge in [-0.25, -0.2) is 4.79 Å². The third-order valence-corrected chi connectivity index (χ3v) is 3.30. The summed E-state index contributed by atoms with van der Waals surface area (Å²) < 4.78 is 4.96. The number of carbonyl (C=O) groups is 3. The summed E-state index contributed by atoms with van der Waals surface area (Å²) in [4.78, 5) is 38.6. The second-order valence-corrected chi connectivity index (χ2v) is 5.95. The van der Waals surface area contributed by atoms with E-state index in [1.807, 2.05) is 0 Å². The number of amides is 2. The first-order valence-corrected chi connectivity index (χ1v) is 7.14. The fraction of sp³-hybridized carbons (Fsp3) is 0.353. The largest absolute Gasteiger partial charge is 0.462 e. The molecule has 0 saturated heterocycles. The van der Waals surface area contributed by atoms with Crippen LogP contribution in [0.1, 0.15) is 33.3 Å². The molecule has 1 aliphatic heterocycles. The van der Waals surface area contributed by atoms with E-state index in [4.69, 9.17) is 4.74 Å². The maximum atomic E-state index is 12.7. The predicted molar refractivity (Wildman–Crippen MR) is 81.6 cm³/mol. The Labute approximate surface area is 129 Å². The van der Waals surface area contributed by atoms with Crippen LogP contribution in [0.4, 0.5) is 0 Å². The number of ether oxygens (including phenoxy) is 1. The van der Waals surface area contributed by atoms with Crippen LogP contribution in [0.25, 0.3) is 5.57 Å². The molecule has 22 heavy (non-hydrogen) atoms. The fourth-order valence-corrected chi connectivity index (χ4v) is 2.40. The molecule has 0 bridgehead atoms. The standard InChI is InChI=1S/C17H19NO4/c1-5-22-16(21)13-12(11-9-7-6-8-10-11)14(19)18(15(13)20)17(2,3)4/h6-10H,5H2,1-4H3. The van der Waals surface area contributed by atoms with Crippen LogP contribution in [0.5, 0.6) is 0 Å². The van der Waals surface area contributed by atoms with Gasteiger partial charge in [0.15, 0.2) is 0 Å². The second kappa shape index (κ2) is 5.75. The number of hydrogen-bond acceptors (Lipinski definition) is 4. The molecule has 1 aliphatic rings. The zero-order valence-corrected chi connectivity index (χ0v) is 13.2. The zero-order chi connectivity index (χ0) is 16.5. The maximum absolute atomic E-state index is 12.7. The van der Waals surface area contributed by atoms with Crippen molar-refractivity contribution in [2.45, 2.75) is 33.2 Å². The number of esters is 1. The Kier molecular flexibility index (Phi) is 4.17. The Morgan fingerprint density at radius 1 is 1.09 bits per heavy atom. The lowest BCUT2D eigenvalue weighted by atomic mass is 10.0. The molecule has 116 valence electrons. The number of imide groups is 1. The van der Waals surface area contributed by atoms with Crippen LogP contribution in [0.2, 0.25) is 0 Å². The summed E-state index contributed by atoms with van der Waals surface area (Å²) in [5.74, 6) is -1.83. The van der Waals surface area contributed by atoms with E-state index in [1.165, 1.54) is 0 Å². The van der Waals surface area contributed by atoms with Crippen LogP contribution in [0.3, 0.4) is 0 Å². The van der Waals surface area contributed by atoms with E-state index in [-0.39, 0.29) is 17.8 Å². The van der Waals surface area contributed by atoms with Crippen molar-refractivity contribution in [2.24, 2.45) is 0 Å². The summed E-state index contributed by atoms with van der Waals surface area (Å²) in [5, 5.41) is 0. The number of hydrogen-bond donors (Lipinski definition) is 0. The molecule has 5 nitrogen and oxygen atoms in total. The van der Waals surface area contributed by atoms with Gasteiger partial charge in [0.05, 0.1) is 12.2 Å². The first kappa shape index (κ1) is 15.9. The van der Waals surface area contributed by atoms with Gasteiger partial charge in [0.1, 0.15) is 5.57 Å². The summed E-state index contributed by atoms with van der Waals surface area (Å²) in [7, 11) is 0. The van der Waals surface area contributed by atoms with Crippen molar-refractivity contribution in [3.8, 4) is 0 Å². The molecular weight excluding hydrogens is 282 g/mol. The average Bonchev–Trinajstić information content (AvgIpc) is 2.70. The molecule has 0 spiro atoms. The highest BCUT2D eigenvalue weighted by Crippen LogP contribution is 2.34. The van der Waals surface area contributed by atoms with Gasteiger partial charge in [-0.2, -0.15) is 0 Å². The molecule has 0 saturated carbocycles. The summed E-state index contributed by atoms with van der Waals surface area (Å²) in [5.41, 5.74) is -0.259. The molecule has 2 rings (SSSR count). The minimum Gasteiger partial charge on any atom is -0.462 e. The summed E-state index contributed by atoms with van der Waals surface area (Å²) in [6.07, 6.45) is 0. The van der Waals surface area contributed by atoms with Crippen molar-refractivity contribution in [3.63, 3.8) is 0 Å². The molecule has 0 N–H and O–H groups in total. The van der Waals surface area contributed by atoms with E-state index in [0.717, 1.165) is 4.90 Å². The zero-order valence-electron chi connectivity index (χ0n) is 13.2. The van der Waals surface area contributed by atoms with Gasteiger partial charge in [-0.15, -0.1) is 0 Å². The highest BCUT2D eigenvalue weighted by Gasteiger charge is 2.47. The van der Waals surface area contributed by atoms with Crippen molar-refractivity contribution >= 4 is 23.4 Å². The van der Waals surface area contributed by atoms with Crippen LogP contribution in [-0.2, 0) is 19.1 Å². The van der Waals surface area contributed by atoms with Crippen LogP contribution < -0.4 is 0 Å². The van der Waals surface area contributed by atoms with Crippen LogP contribution >= 0.6 is 0 Å². The quantitative estimate of drug-likeness (QED) is 0.487. The van der Waals surface area contributed by atoms with Gasteiger partial charge < -0.3 is 4.74 Å². The van der Waals surface area contributed by atoms with Gasteiger partial charge >= 0.3 is 5.97 Å². The molecule has 0 radical (unpaired) electrons. The molecule has 1 heterocycles. The molecule has 5 heteroatoms. The molecule has 2 amide bonds. The molecule has 0 aliphatic carbocycles. The summed E-state index contributed by atoms with van der Waals surface area (Å²) in [6, 6.07) is 8.71. The summed E-state index contributed by atoms with van der Waals surface area (Å²) >= 11 is 0. The smallest absolute Gasteiger partial charge is 0.344 e. The number of benzene rings is 1. The van der Waals surface area contributed by atoms with E-state index >= 15 is 0 Å². The van der Waals surface area contributed by atoms with Crippen molar-refractivity contribution in [3.05, 3.63) is 41.5 Å². The Hall–Kier alpha value is -2.43. The van der Waals surface area contributed by atoms with Gasteiger partial charge in [0, 0.05) is 5.54 Å². The maximum Gasteiger partial charge on any atom is 0.344 e. The van der Waals surface area contributed by atoms with Crippen molar-refractivity contribution < 1.29 is 19.1 Å². The third kappa shape index (κ3) is 2.66. The van der Waals surface area contributed by atoms with Gasteiger partial charge in [-0.3, -0.25) is 14.5 Å². The predicted octanol–water partition coefficient (Wildman–Crippen LogP) is 2.17. The molecule has 0 atom stereocenters. The first-order valence-electron chi connectivity index (χ1n) is 7.14. The molecular formula is C17H19NO4. The number of carbonyl (C=O) groups excluding carboxylic acids is 3. The van der Waals surface area contributed by atoms with E-state index < -0.39 is 23.3 Å². The Balaban J connectivity index is 2.62. The van der Waals surface area contributed by atoms with Crippen LogP contribution in [-0.4, -0.2) is 34.8 Å². The number of nitrogens with zero attached hydrogens (tertiary/aromatic N) is 1. The highest BCUT2D eigenvalue weighted by atomic mass is 16.5. The van der Waals surface area contributed by atoms with Crippen molar-refractivity contribution in [1.82, 2.24) is 4.90 Å². The Bertz CT molecular complexity index is 653. The minimum atomic E-state index is -0.758. The lowest BCUT2D eigenvalue weighted by Crippen LogP contribution is -2.46. The van der Waals surface area contributed by atoms with Crippen LogP contribution in [0.15, 0.2) is 35.9 Å². The monoisotopic (exact) mass is 301 g/mol. The summed E-state index contributed by atoms with van der Waals surface area (Å²) in [6.45, 7) is 7.04. The second-order valence-electron chi connectivity index (χ2n) is 5.95. The molecule has 0 unspecified atom stereocenters. The highest BCUT2D eigenvalue weighted by molar-refractivity contribution is 6.43. The Morgan fingerprint density at radius 2 is 1.68 bits per heavy atom. The normalized spacial score (nSPS) is 15.5. The van der Waals surface area contributed by atoms with Gasteiger partial charge in [-0.1, -0.05) is 30.3 Å².